The lowest BCUT2D eigenvalue weighted by Gasteiger charge is -2.31. The number of hydrogen-bond donors (Lipinski definition) is 1. The van der Waals surface area contributed by atoms with Gasteiger partial charge < -0.3 is 10.2 Å². The van der Waals surface area contributed by atoms with Crippen LogP contribution >= 0.6 is 0 Å². The van der Waals surface area contributed by atoms with Crippen molar-refractivity contribution in [3.63, 3.8) is 0 Å². The molecule has 1 saturated heterocycles. The van der Waals surface area contributed by atoms with Gasteiger partial charge in [-0.05, 0) is 31.6 Å². The van der Waals surface area contributed by atoms with Crippen molar-refractivity contribution in [2.75, 3.05) is 19.6 Å². The Hall–Kier alpha value is -1.45. The van der Waals surface area contributed by atoms with Gasteiger partial charge >= 0.3 is 12.2 Å². The van der Waals surface area contributed by atoms with E-state index in [-0.39, 0.29) is 24.9 Å². The van der Waals surface area contributed by atoms with Gasteiger partial charge in [0.25, 0.3) is 0 Å². The number of urea groups is 1. The second-order valence-corrected chi connectivity index (χ2v) is 7.12. The zero-order valence-corrected chi connectivity index (χ0v) is 12.4. The lowest BCUT2D eigenvalue weighted by molar-refractivity contribution is -0.226. The van der Waals surface area contributed by atoms with Gasteiger partial charge in [-0.15, -0.1) is 0 Å². The minimum absolute atomic E-state index is 0.128. The highest BCUT2D eigenvalue weighted by molar-refractivity contribution is 5.74. The first kappa shape index (κ1) is 15.4. The van der Waals surface area contributed by atoms with E-state index in [1.807, 2.05) is 0 Å². The summed E-state index contributed by atoms with van der Waals surface area (Å²) < 4.78 is 40.3. The van der Waals surface area contributed by atoms with E-state index in [2.05, 4.69) is 11.4 Å². The van der Waals surface area contributed by atoms with Gasteiger partial charge in [0.1, 0.15) is 0 Å². The first-order valence-electron chi connectivity index (χ1n) is 7.78. The largest absolute Gasteiger partial charge is 0.396 e. The van der Waals surface area contributed by atoms with Crippen molar-refractivity contribution in [2.24, 2.45) is 16.7 Å². The minimum atomic E-state index is -4.25. The molecule has 3 aliphatic rings. The number of nitrogens with one attached hydrogen (secondary N) is 1. The Bertz CT molecular complexity index is 509. The minimum Gasteiger partial charge on any atom is -0.337 e. The number of carbonyl (C=O) groups excluding carboxylic acids is 1. The molecule has 0 spiro atoms. The van der Waals surface area contributed by atoms with Crippen LogP contribution in [-0.4, -0.2) is 36.7 Å². The molecule has 4 nitrogen and oxygen atoms in total. The van der Waals surface area contributed by atoms with Gasteiger partial charge in [-0.1, -0.05) is 6.42 Å². The van der Waals surface area contributed by atoms with Gasteiger partial charge in [-0.3, -0.25) is 0 Å². The summed E-state index contributed by atoms with van der Waals surface area (Å²) in [6.07, 6.45) is -0.800. The molecule has 3 fully saturated rings. The summed E-state index contributed by atoms with van der Waals surface area (Å²) in [6.45, 7) is 0.356. The van der Waals surface area contributed by atoms with Gasteiger partial charge in [-0.2, -0.15) is 18.4 Å². The molecule has 0 aromatic heterocycles. The Morgan fingerprint density at radius 3 is 2.64 bits per heavy atom. The third kappa shape index (κ3) is 2.42. The van der Waals surface area contributed by atoms with E-state index in [0.717, 1.165) is 12.8 Å². The van der Waals surface area contributed by atoms with Gasteiger partial charge in [0, 0.05) is 31.5 Å². The number of nitrogens with zero attached hydrogens (tertiary/aromatic N) is 2. The van der Waals surface area contributed by atoms with E-state index in [1.165, 1.54) is 4.90 Å². The standard InChI is InChI=1S/C15H20F3N3O/c16-15(17,18)14-3-1-2-11(14)8-21(10-14)12(22)20-9-13(4-5-13)6-7-19/h11H,1-6,8-10H2,(H,20,22)/t11-,14-/m0/s1. The van der Waals surface area contributed by atoms with Gasteiger partial charge in [0.15, 0.2) is 0 Å². The number of alkyl halides is 3. The maximum atomic E-state index is 13.4. The molecule has 2 amide bonds. The van der Waals surface area contributed by atoms with E-state index < -0.39 is 23.5 Å². The summed E-state index contributed by atoms with van der Waals surface area (Å²) in [7, 11) is 0. The van der Waals surface area contributed by atoms with Crippen LogP contribution in [0.2, 0.25) is 0 Å². The molecule has 1 heterocycles. The van der Waals surface area contributed by atoms with Crippen LogP contribution in [0.1, 0.15) is 38.5 Å². The fourth-order valence-electron chi connectivity index (χ4n) is 4.04. The van der Waals surface area contributed by atoms with E-state index in [4.69, 9.17) is 5.26 Å². The van der Waals surface area contributed by atoms with Crippen molar-refractivity contribution >= 4 is 6.03 Å². The zero-order chi connectivity index (χ0) is 16.0. The van der Waals surface area contributed by atoms with Crippen LogP contribution in [0.4, 0.5) is 18.0 Å². The molecule has 122 valence electrons. The van der Waals surface area contributed by atoms with E-state index in [0.29, 0.717) is 25.8 Å². The van der Waals surface area contributed by atoms with Crippen molar-refractivity contribution in [1.29, 1.82) is 5.26 Å². The number of halogens is 3. The number of fused-ring (bicyclic) bond motifs is 1. The molecule has 0 aromatic rings. The van der Waals surface area contributed by atoms with Crippen LogP contribution in [0.3, 0.4) is 0 Å². The van der Waals surface area contributed by atoms with Crippen LogP contribution in [0.15, 0.2) is 0 Å². The smallest absolute Gasteiger partial charge is 0.337 e. The average Bonchev–Trinajstić information content (AvgIpc) is 2.91. The van der Waals surface area contributed by atoms with E-state index in [9.17, 15) is 18.0 Å². The van der Waals surface area contributed by atoms with Crippen molar-refractivity contribution in [3.8, 4) is 6.07 Å². The predicted octanol–water partition coefficient (Wildman–Crippen LogP) is 3.05. The van der Waals surface area contributed by atoms with Crippen LogP contribution in [-0.2, 0) is 0 Å². The van der Waals surface area contributed by atoms with Gasteiger partial charge in [-0.25, -0.2) is 4.79 Å². The fraction of sp³-hybridized carbons (Fsp3) is 0.867. The molecule has 0 unspecified atom stereocenters. The molecule has 1 aliphatic heterocycles. The zero-order valence-electron chi connectivity index (χ0n) is 12.4. The number of nitriles is 1. The Morgan fingerprint density at radius 2 is 2.09 bits per heavy atom. The molecule has 2 atom stereocenters. The SMILES string of the molecule is N#CCC1(CNC(=O)N2C[C@@H]3CCC[C@]3(C(F)(F)F)C2)CC1. The third-order valence-electron chi connectivity index (χ3n) is 5.75. The Balaban J connectivity index is 1.60. The van der Waals surface area contributed by atoms with Crippen molar-refractivity contribution in [2.45, 2.75) is 44.7 Å². The Labute approximate surface area is 127 Å². The molecule has 2 saturated carbocycles. The van der Waals surface area contributed by atoms with Crippen LogP contribution in [0.5, 0.6) is 0 Å². The molecular formula is C15H20F3N3O. The molecule has 0 aromatic carbocycles. The molecule has 22 heavy (non-hydrogen) atoms. The first-order valence-corrected chi connectivity index (χ1v) is 7.78. The van der Waals surface area contributed by atoms with Gasteiger partial charge in [0.05, 0.1) is 11.5 Å². The molecule has 1 N–H and O–H groups in total. The maximum Gasteiger partial charge on any atom is 0.396 e. The second kappa shape index (κ2) is 5.04. The fourth-order valence-corrected chi connectivity index (χ4v) is 4.04. The molecule has 0 radical (unpaired) electrons. The predicted molar refractivity (Wildman–Crippen MR) is 72.7 cm³/mol. The number of amides is 2. The number of likely N-dealkylation sites (tertiary alicyclic amines) is 1. The summed E-state index contributed by atoms with van der Waals surface area (Å²) in [4.78, 5) is 13.5. The summed E-state index contributed by atoms with van der Waals surface area (Å²) in [5.74, 6) is -0.466. The number of hydrogen-bond acceptors (Lipinski definition) is 2. The van der Waals surface area contributed by atoms with Crippen LogP contribution in [0.25, 0.3) is 0 Å². The second-order valence-electron chi connectivity index (χ2n) is 7.12. The van der Waals surface area contributed by atoms with Crippen molar-refractivity contribution in [3.05, 3.63) is 0 Å². The Kier molecular flexibility index (Phi) is 3.54. The summed E-state index contributed by atoms with van der Waals surface area (Å²) in [5.41, 5.74) is -1.84. The normalized spacial score (nSPS) is 32.5. The molecule has 0 bridgehead atoms. The quantitative estimate of drug-likeness (QED) is 0.870. The van der Waals surface area contributed by atoms with Crippen LogP contribution in [0, 0.1) is 28.1 Å². The summed E-state index contributed by atoms with van der Waals surface area (Å²) in [5, 5.41) is 11.5. The highest BCUT2D eigenvalue weighted by Gasteiger charge is 2.65. The molecule has 3 rings (SSSR count). The average molecular weight is 315 g/mol. The number of rotatable bonds is 3. The lowest BCUT2D eigenvalue weighted by atomic mass is 9.80. The Morgan fingerprint density at radius 1 is 1.36 bits per heavy atom. The van der Waals surface area contributed by atoms with Crippen molar-refractivity contribution in [1.82, 2.24) is 10.2 Å². The van der Waals surface area contributed by atoms with Crippen molar-refractivity contribution < 1.29 is 18.0 Å². The molecular weight excluding hydrogens is 295 g/mol. The first-order chi connectivity index (χ1) is 10.3. The van der Waals surface area contributed by atoms with Gasteiger partial charge in [0.2, 0.25) is 0 Å². The maximum absolute atomic E-state index is 13.4. The number of carbonyl (C=O) groups is 1. The monoisotopic (exact) mass is 315 g/mol. The molecule has 7 heteroatoms. The van der Waals surface area contributed by atoms with E-state index in [1.54, 1.807) is 0 Å². The summed E-state index contributed by atoms with van der Waals surface area (Å²) >= 11 is 0. The summed E-state index contributed by atoms with van der Waals surface area (Å²) in [6, 6.07) is 1.69. The highest BCUT2D eigenvalue weighted by Crippen LogP contribution is 2.57. The molecule has 2 aliphatic carbocycles. The van der Waals surface area contributed by atoms with Crippen LogP contribution < -0.4 is 5.32 Å². The van der Waals surface area contributed by atoms with E-state index >= 15 is 0 Å². The lowest BCUT2D eigenvalue weighted by Crippen LogP contribution is -2.45. The topological polar surface area (TPSA) is 56.1 Å². The highest BCUT2D eigenvalue weighted by atomic mass is 19.4. The third-order valence-corrected chi connectivity index (χ3v) is 5.75.